The molecular weight excluding hydrogens is 356 g/mol. The fourth-order valence-corrected chi connectivity index (χ4v) is 4.30. The van der Waals surface area contributed by atoms with Gasteiger partial charge in [-0.25, -0.2) is 4.68 Å². The lowest BCUT2D eigenvalue weighted by Crippen LogP contribution is -2.31. The number of anilines is 1. The normalized spacial score (nSPS) is 19.4. The van der Waals surface area contributed by atoms with Crippen LogP contribution < -0.4 is 5.32 Å². The molecule has 0 fully saturated rings. The highest BCUT2D eigenvalue weighted by atomic mass is 35.5. The van der Waals surface area contributed by atoms with Gasteiger partial charge in [0.2, 0.25) is 11.1 Å². The number of rotatable bonds is 4. The van der Waals surface area contributed by atoms with Crippen LogP contribution in [0.4, 0.5) is 5.95 Å². The molecule has 1 aromatic carbocycles. The molecule has 1 atom stereocenters. The molecule has 1 N–H and O–H groups in total. The SMILES string of the molecule is CCCSc1nc2n(n1)C(c1ccccc1Cl)C1=C(CCCC1=O)N2. The monoisotopic (exact) mass is 374 g/mol. The third kappa shape index (κ3) is 2.98. The van der Waals surface area contributed by atoms with Gasteiger partial charge in [-0.15, -0.1) is 5.10 Å². The first-order valence-electron chi connectivity index (χ1n) is 8.56. The fourth-order valence-electron chi connectivity index (χ4n) is 3.38. The van der Waals surface area contributed by atoms with Crippen molar-refractivity contribution in [2.45, 2.75) is 43.8 Å². The molecule has 0 saturated heterocycles. The number of nitrogens with zero attached hydrogens (tertiary/aromatic N) is 3. The van der Waals surface area contributed by atoms with Gasteiger partial charge in [0.25, 0.3) is 0 Å². The lowest BCUT2D eigenvalue weighted by atomic mass is 9.85. The van der Waals surface area contributed by atoms with E-state index in [9.17, 15) is 4.79 Å². The van der Waals surface area contributed by atoms with E-state index in [2.05, 4.69) is 22.3 Å². The Bertz CT molecular complexity index is 861. The molecule has 7 heteroatoms. The largest absolute Gasteiger partial charge is 0.328 e. The maximum absolute atomic E-state index is 12.7. The zero-order chi connectivity index (χ0) is 17.4. The van der Waals surface area contributed by atoms with Gasteiger partial charge in [0.05, 0.1) is 0 Å². The summed E-state index contributed by atoms with van der Waals surface area (Å²) in [5.74, 6) is 1.83. The third-order valence-electron chi connectivity index (χ3n) is 4.48. The summed E-state index contributed by atoms with van der Waals surface area (Å²) >= 11 is 8.10. The van der Waals surface area contributed by atoms with Crippen molar-refractivity contribution in [3.05, 3.63) is 46.1 Å². The van der Waals surface area contributed by atoms with Crippen LogP contribution in [-0.2, 0) is 4.79 Å². The number of thioether (sulfide) groups is 1. The molecular formula is C18H19ClN4OS. The number of allylic oxidation sites excluding steroid dienone is 2. The smallest absolute Gasteiger partial charge is 0.227 e. The Kier molecular flexibility index (Phi) is 4.56. The van der Waals surface area contributed by atoms with Gasteiger partial charge in [0.1, 0.15) is 6.04 Å². The van der Waals surface area contributed by atoms with E-state index in [4.69, 9.17) is 11.6 Å². The Morgan fingerprint density at radius 3 is 3.00 bits per heavy atom. The van der Waals surface area contributed by atoms with Gasteiger partial charge in [-0.2, -0.15) is 4.98 Å². The van der Waals surface area contributed by atoms with Gasteiger partial charge in [-0.1, -0.05) is 48.5 Å². The minimum Gasteiger partial charge on any atom is -0.328 e. The van der Waals surface area contributed by atoms with E-state index in [1.165, 1.54) is 0 Å². The average molecular weight is 375 g/mol. The lowest BCUT2D eigenvalue weighted by Gasteiger charge is -2.32. The molecule has 0 spiro atoms. The lowest BCUT2D eigenvalue weighted by molar-refractivity contribution is -0.116. The Hall–Kier alpha value is -1.79. The topological polar surface area (TPSA) is 59.8 Å². The van der Waals surface area contributed by atoms with Crippen LogP contribution in [0, 0.1) is 0 Å². The Morgan fingerprint density at radius 2 is 2.20 bits per heavy atom. The first-order valence-corrected chi connectivity index (χ1v) is 9.92. The predicted molar refractivity (Wildman–Crippen MR) is 100 cm³/mol. The summed E-state index contributed by atoms with van der Waals surface area (Å²) in [4.78, 5) is 17.3. The maximum Gasteiger partial charge on any atom is 0.227 e. The molecule has 2 aromatic rings. The van der Waals surface area contributed by atoms with Crippen molar-refractivity contribution in [1.82, 2.24) is 14.8 Å². The van der Waals surface area contributed by atoms with E-state index in [1.807, 2.05) is 28.9 Å². The van der Waals surface area contributed by atoms with Crippen molar-refractivity contribution in [3.8, 4) is 0 Å². The van der Waals surface area contributed by atoms with E-state index in [1.54, 1.807) is 11.8 Å². The van der Waals surface area contributed by atoms with Crippen LogP contribution in [0.3, 0.4) is 0 Å². The number of Topliss-reactive ketones (excluding diaryl/α,β-unsaturated/α-hetero) is 1. The highest BCUT2D eigenvalue weighted by Gasteiger charge is 2.37. The first kappa shape index (κ1) is 16.7. The molecule has 2 heterocycles. The molecule has 0 saturated carbocycles. The fraction of sp³-hybridized carbons (Fsp3) is 0.389. The molecule has 1 aliphatic carbocycles. The zero-order valence-electron chi connectivity index (χ0n) is 14.0. The number of ketones is 1. The molecule has 2 aliphatic rings. The van der Waals surface area contributed by atoms with Crippen LogP contribution in [0.15, 0.2) is 40.7 Å². The molecule has 1 aromatic heterocycles. The number of fused-ring (bicyclic) bond motifs is 1. The van der Waals surface area contributed by atoms with E-state index in [0.717, 1.165) is 47.0 Å². The summed E-state index contributed by atoms with van der Waals surface area (Å²) < 4.78 is 1.82. The van der Waals surface area contributed by atoms with Crippen molar-refractivity contribution in [3.63, 3.8) is 0 Å². The summed E-state index contributed by atoms with van der Waals surface area (Å²) in [7, 11) is 0. The van der Waals surface area contributed by atoms with E-state index >= 15 is 0 Å². The number of nitrogens with one attached hydrogen (secondary N) is 1. The molecule has 25 heavy (non-hydrogen) atoms. The van der Waals surface area contributed by atoms with Crippen molar-refractivity contribution in [1.29, 1.82) is 0 Å². The highest BCUT2D eigenvalue weighted by molar-refractivity contribution is 7.99. The number of carbonyl (C=O) groups excluding carboxylic acids is 1. The maximum atomic E-state index is 12.7. The quantitative estimate of drug-likeness (QED) is 0.801. The first-order chi connectivity index (χ1) is 12.2. The molecule has 5 nitrogen and oxygen atoms in total. The third-order valence-corrected chi connectivity index (χ3v) is 5.87. The van der Waals surface area contributed by atoms with Gasteiger partial charge in [-0.05, 0) is 25.3 Å². The summed E-state index contributed by atoms with van der Waals surface area (Å²) in [6, 6.07) is 7.36. The van der Waals surface area contributed by atoms with Gasteiger partial charge < -0.3 is 5.32 Å². The van der Waals surface area contributed by atoms with Crippen molar-refractivity contribution < 1.29 is 4.79 Å². The number of hydrogen-bond donors (Lipinski definition) is 1. The second-order valence-electron chi connectivity index (χ2n) is 6.23. The molecule has 0 radical (unpaired) electrons. The number of aromatic nitrogens is 3. The summed E-state index contributed by atoms with van der Waals surface area (Å²) in [5.41, 5.74) is 2.64. The molecule has 4 rings (SSSR count). The second-order valence-corrected chi connectivity index (χ2v) is 7.70. The van der Waals surface area contributed by atoms with Gasteiger partial charge in [-0.3, -0.25) is 4.79 Å². The summed E-state index contributed by atoms with van der Waals surface area (Å²) in [6.07, 6.45) is 3.35. The van der Waals surface area contributed by atoms with Crippen LogP contribution in [0.2, 0.25) is 5.02 Å². The minimum atomic E-state index is -0.309. The van der Waals surface area contributed by atoms with E-state index in [-0.39, 0.29) is 11.8 Å². The van der Waals surface area contributed by atoms with Crippen LogP contribution >= 0.6 is 23.4 Å². The number of hydrogen-bond acceptors (Lipinski definition) is 5. The van der Waals surface area contributed by atoms with Crippen molar-refractivity contribution >= 4 is 35.1 Å². The van der Waals surface area contributed by atoms with E-state index < -0.39 is 0 Å². The van der Waals surface area contributed by atoms with Crippen LogP contribution in [0.1, 0.15) is 44.2 Å². The molecule has 1 unspecified atom stereocenters. The second kappa shape index (κ2) is 6.84. The zero-order valence-corrected chi connectivity index (χ0v) is 15.5. The molecule has 0 amide bonds. The summed E-state index contributed by atoms with van der Waals surface area (Å²) in [5, 5.41) is 9.38. The van der Waals surface area contributed by atoms with Gasteiger partial charge >= 0.3 is 0 Å². The molecule has 130 valence electrons. The molecule has 0 bridgehead atoms. The van der Waals surface area contributed by atoms with Crippen LogP contribution in [0.5, 0.6) is 0 Å². The Balaban J connectivity index is 1.85. The van der Waals surface area contributed by atoms with Crippen molar-refractivity contribution in [2.24, 2.45) is 0 Å². The molecule has 1 aliphatic heterocycles. The predicted octanol–water partition coefficient (Wildman–Crippen LogP) is 4.46. The van der Waals surface area contributed by atoms with Gasteiger partial charge in [0, 0.05) is 34.0 Å². The average Bonchev–Trinajstić information content (AvgIpc) is 3.01. The van der Waals surface area contributed by atoms with Crippen LogP contribution in [0.25, 0.3) is 0 Å². The Morgan fingerprint density at radius 1 is 1.36 bits per heavy atom. The van der Waals surface area contributed by atoms with E-state index in [0.29, 0.717) is 17.4 Å². The number of halogens is 1. The Labute approximate surface area is 155 Å². The number of benzene rings is 1. The minimum absolute atomic E-state index is 0.169. The van der Waals surface area contributed by atoms with Crippen LogP contribution in [-0.4, -0.2) is 26.3 Å². The van der Waals surface area contributed by atoms with Crippen molar-refractivity contribution in [2.75, 3.05) is 11.1 Å². The summed E-state index contributed by atoms with van der Waals surface area (Å²) in [6.45, 7) is 2.13. The van der Waals surface area contributed by atoms with Gasteiger partial charge in [0.15, 0.2) is 5.78 Å². The highest BCUT2D eigenvalue weighted by Crippen LogP contribution is 2.42. The standard InChI is InChI=1S/C18H19ClN4OS/c1-2-10-25-18-21-17-20-13-8-5-9-14(24)15(13)16(23(17)22-18)11-6-3-4-7-12(11)19/h3-4,6-7,16H,2,5,8-10H2,1H3,(H,20,21,22). The number of carbonyl (C=O) groups is 1.